The van der Waals surface area contributed by atoms with E-state index in [2.05, 4.69) is 25.4 Å². The van der Waals surface area contributed by atoms with Crippen molar-refractivity contribution in [3.05, 3.63) is 43.0 Å². The Morgan fingerprint density at radius 3 is 2.65 bits per heavy atom. The van der Waals surface area contributed by atoms with Gasteiger partial charge in [-0.15, -0.1) is 0 Å². The number of imidazole rings is 1. The average Bonchev–Trinajstić information content (AvgIpc) is 3.42. The van der Waals surface area contributed by atoms with Crippen LogP contribution in [0, 0.1) is 0 Å². The minimum absolute atomic E-state index is 0.199. The van der Waals surface area contributed by atoms with Crippen molar-refractivity contribution in [1.29, 1.82) is 0 Å². The number of fused-ring (bicyclic) bond motifs is 1. The van der Waals surface area contributed by atoms with Crippen LogP contribution in [0.5, 0.6) is 5.75 Å². The molecular formula is C25H34FN6O7P. The lowest BCUT2D eigenvalue weighted by molar-refractivity contribution is -0.149. The number of aromatic nitrogens is 4. The van der Waals surface area contributed by atoms with Crippen LogP contribution in [0.1, 0.15) is 40.8 Å². The second-order valence-corrected chi connectivity index (χ2v) is 11.4. The number of carbonyl (C=O) groups is 1. The number of alkyl halides is 1. The number of benzene rings is 1. The quantitative estimate of drug-likeness (QED) is 0.212. The fourth-order valence-electron chi connectivity index (χ4n) is 4.18. The minimum Gasteiger partial charge on any atom is -0.462 e. The number of hydrogen-bond acceptors (Lipinski definition) is 11. The topological polar surface area (TPSA) is 159 Å². The maximum Gasteiger partial charge on any atom is 0.459 e. The van der Waals surface area contributed by atoms with E-state index in [9.17, 15) is 14.5 Å². The third kappa shape index (κ3) is 6.42. The molecule has 1 aliphatic rings. The van der Waals surface area contributed by atoms with Crippen molar-refractivity contribution in [3.63, 3.8) is 0 Å². The molecule has 1 saturated heterocycles. The SMILES string of the molecule is CCNc1ncnc2c1ncn2[C@@H]1O[C@H](COP(=O)(NC(C)C(=O)OC(C)C)Oc2ccccc2)[C@@H](O)[C@@]1(C)F. The smallest absolute Gasteiger partial charge is 0.459 e. The van der Waals surface area contributed by atoms with Crippen molar-refractivity contribution in [2.45, 2.75) is 70.9 Å². The van der Waals surface area contributed by atoms with Crippen LogP contribution in [-0.4, -0.2) is 73.8 Å². The Balaban J connectivity index is 1.54. The van der Waals surface area contributed by atoms with E-state index in [1.807, 2.05) is 6.92 Å². The molecule has 6 atom stereocenters. The average molecular weight is 581 g/mol. The molecule has 3 aromatic rings. The highest BCUT2D eigenvalue weighted by molar-refractivity contribution is 7.52. The first kappa shape index (κ1) is 29.8. The van der Waals surface area contributed by atoms with Crippen LogP contribution in [0.15, 0.2) is 43.0 Å². The summed E-state index contributed by atoms with van der Waals surface area (Å²) in [6, 6.07) is 7.11. The molecule has 3 heterocycles. The van der Waals surface area contributed by atoms with Gasteiger partial charge in [-0.25, -0.2) is 23.9 Å². The number of anilines is 1. The second-order valence-electron chi connectivity index (χ2n) is 9.73. The lowest BCUT2D eigenvalue weighted by atomic mass is 9.98. The molecule has 15 heteroatoms. The Morgan fingerprint density at radius 2 is 1.98 bits per heavy atom. The van der Waals surface area contributed by atoms with E-state index in [4.69, 9.17) is 18.5 Å². The van der Waals surface area contributed by atoms with Crippen molar-refractivity contribution in [2.75, 3.05) is 18.5 Å². The van der Waals surface area contributed by atoms with E-state index in [0.29, 0.717) is 23.5 Å². The van der Waals surface area contributed by atoms with Crippen LogP contribution >= 0.6 is 7.75 Å². The molecule has 1 aliphatic heterocycles. The second kappa shape index (κ2) is 12.1. The van der Waals surface area contributed by atoms with Gasteiger partial charge >= 0.3 is 13.7 Å². The molecule has 0 spiro atoms. The van der Waals surface area contributed by atoms with Gasteiger partial charge in [-0.1, -0.05) is 18.2 Å². The molecule has 40 heavy (non-hydrogen) atoms. The Kier molecular flexibility index (Phi) is 9.06. The van der Waals surface area contributed by atoms with Gasteiger partial charge in [0.2, 0.25) is 0 Å². The van der Waals surface area contributed by atoms with Gasteiger partial charge in [-0.05, 0) is 46.8 Å². The van der Waals surface area contributed by atoms with E-state index in [1.165, 1.54) is 31.1 Å². The predicted octanol–water partition coefficient (Wildman–Crippen LogP) is 3.38. The van der Waals surface area contributed by atoms with E-state index in [-0.39, 0.29) is 5.75 Å². The largest absolute Gasteiger partial charge is 0.462 e. The molecule has 1 fully saturated rings. The van der Waals surface area contributed by atoms with E-state index in [1.54, 1.807) is 44.2 Å². The summed E-state index contributed by atoms with van der Waals surface area (Å²) in [5, 5.41) is 16.5. The number of aliphatic hydroxyl groups excluding tert-OH is 1. The first-order valence-corrected chi connectivity index (χ1v) is 14.4. The Labute approximate surface area is 231 Å². The molecule has 0 radical (unpaired) electrons. The zero-order chi connectivity index (χ0) is 29.1. The summed E-state index contributed by atoms with van der Waals surface area (Å²) in [6.07, 6.45) is -2.02. The Hall–Kier alpha value is -3.16. The third-order valence-corrected chi connectivity index (χ3v) is 7.75. The molecule has 0 bridgehead atoms. The Morgan fingerprint density at radius 1 is 1.25 bits per heavy atom. The van der Waals surface area contributed by atoms with Crippen molar-refractivity contribution in [2.24, 2.45) is 0 Å². The van der Waals surface area contributed by atoms with Crippen LogP contribution in [0.25, 0.3) is 11.2 Å². The molecule has 0 amide bonds. The van der Waals surface area contributed by atoms with Crippen LogP contribution < -0.4 is 14.9 Å². The summed E-state index contributed by atoms with van der Waals surface area (Å²) < 4.78 is 53.4. The highest BCUT2D eigenvalue weighted by atomic mass is 31.2. The monoisotopic (exact) mass is 580 g/mol. The maximum atomic E-state index is 15.9. The van der Waals surface area contributed by atoms with E-state index < -0.39 is 56.6 Å². The molecule has 2 aromatic heterocycles. The van der Waals surface area contributed by atoms with Gasteiger partial charge in [0.05, 0.1) is 19.0 Å². The van der Waals surface area contributed by atoms with Crippen molar-refractivity contribution < 1.29 is 37.4 Å². The highest BCUT2D eigenvalue weighted by Crippen LogP contribution is 2.48. The van der Waals surface area contributed by atoms with Gasteiger partial charge in [0.1, 0.15) is 30.3 Å². The van der Waals surface area contributed by atoms with Gasteiger partial charge < -0.3 is 24.4 Å². The molecule has 3 N–H and O–H groups in total. The zero-order valence-electron chi connectivity index (χ0n) is 22.9. The fraction of sp³-hybridized carbons (Fsp3) is 0.520. The van der Waals surface area contributed by atoms with Crippen molar-refractivity contribution in [3.8, 4) is 5.75 Å². The molecule has 13 nitrogen and oxygen atoms in total. The summed E-state index contributed by atoms with van der Waals surface area (Å²) in [5.41, 5.74) is -1.60. The zero-order valence-corrected chi connectivity index (χ0v) is 23.7. The maximum absolute atomic E-state index is 15.9. The molecule has 0 aliphatic carbocycles. The number of para-hydroxylation sites is 1. The molecular weight excluding hydrogens is 546 g/mol. The van der Waals surface area contributed by atoms with Crippen LogP contribution in [0.2, 0.25) is 0 Å². The number of carbonyl (C=O) groups excluding carboxylic acids is 1. The summed E-state index contributed by atoms with van der Waals surface area (Å²) in [5.74, 6) is 0.000266. The number of aliphatic hydroxyl groups is 1. The fourth-order valence-corrected chi connectivity index (χ4v) is 5.68. The minimum atomic E-state index is -4.26. The number of hydrogen-bond donors (Lipinski definition) is 3. The number of halogens is 1. The normalized spacial score (nSPS) is 25.1. The van der Waals surface area contributed by atoms with Crippen LogP contribution in [-0.2, 0) is 23.4 Å². The lowest BCUT2D eigenvalue weighted by Crippen LogP contribution is -2.41. The van der Waals surface area contributed by atoms with E-state index in [0.717, 1.165) is 0 Å². The van der Waals surface area contributed by atoms with Crippen molar-refractivity contribution >= 4 is 30.7 Å². The first-order chi connectivity index (χ1) is 18.9. The standard InChI is InChI=1S/C25H34FN6O7P/c1-6-27-21-19-22(29-13-28-21)32(14-30-19)24-25(5,26)20(33)18(38-24)12-36-40(35,39-17-10-8-7-9-11-17)31-16(4)23(34)37-15(2)3/h7-11,13-16,18,20,24,33H,6,12H2,1-5H3,(H,31,35)(H,27,28,29)/t16?,18-,20-,24-,25-,40?/m1/s1. The summed E-state index contributed by atoms with van der Waals surface area (Å²) >= 11 is 0. The number of nitrogens with one attached hydrogen (secondary N) is 2. The summed E-state index contributed by atoms with van der Waals surface area (Å²) in [7, 11) is -4.26. The van der Waals surface area contributed by atoms with Crippen LogP contribution in [0.3, 0.4) is 0 Å². The van der Waals surface area contributed by atoms with Gasteiger partial charge in [-0.2, -0.15) is 5.09 Å². The molecule has 2 unspecified atom stereocenters. The number of rotatable bonds is 12. The number of esters is 1. The van der Waals surface area contributed by atoms with Gasteiger partial charge in [0.15, 0.2) is 28.9 Å². The molecule has 0 saturated carbocycles. The molecule has 218 valence electrons. The van der Waals surface area contributed by atoms with Gasteiger partial charge in [0, 0.05) is 6.54 Å². The third-order valence-electron chi connectivity index (χ3n) is 6.11. The highest BCUT2D eigenvalue weighted by Gasteiger charge is 2.56. The predicted molar refractivity (Wildman–Crippen MR) is 143 cm³/mol. The molecule has 1 aromatic carbocycles. The Bertz CT molecular complexity index is 1360. The van der Waals surface area contributed by atoms with Crippen molar-refractivity contribution in [1.82, 2.24) is 24.6 Å². The molecule has 4 rings (SSSR count). The first-order valence-electron chi connectivity index (χ1n) is 12.9. The number of nitrogens with zero attached hydrogens (tertiary/aromatic N) is 4. The van der Waals surface area contributed by atoms with Crippen LogP contribution in [0.4, 0.5) is 10.2 Å². The van der Waals surface area contributed by atoms with E-state index >= 15 is 4.39 Å². The lowest BCUT2D eigenvalue weighted by Gasteiger charge is -2.25. The summed E-state index contributed by atoms with van der Waals surface area (Å²) in [6.45, 7) is 7.94. The van der Waals surface area contributed by atoms with Gasteiger partial charge in [-0.3, -0.25) is 13.9 Å². The summed E-state index contributed by atoms with van der Waals surface area (Å²) in [4.78, 5) is 25.0. The van der Waals surface area contributed by atoms with Gasteiger partial charge in [0.25, 0.3) is 0 Å². The number of ether oxygens (including phenoxy) is 2.